The molecule has 36 heavy (non-hydrogen) atoms. The van der Waals surface area contributed by atoms with Gasteiger partial charge in [-0.1, -0.05) is 64.3 Å². The van der Waals surface area contributed by atoms with Gasteiger partial charge in [-0.05, 0) is 92.3 Å². The first-order valence-corrected chi connectivity index (χ1v) is 14.6. The Balaban J connectivity index is 1.56. The molecule has 0 radical (unpaired) electrons. The SMILES string of the molecule is CC(=O)O[C@@H]1[C@@H](C)[C@H]2[C@@H](C[C@@]3(C)C4=C(CC[C@]23C)[C@@]2(C)CC[C@H](O)C(C)(C)[C@H]2CC4)O[C@H]1C=C(C)C. The van der Waals surface area contributed by atoms with Crippen molar-refractivity contribution in [3.63, 3.8) is 0 Å². The third-order valence-electron chi connectivity index (χ3n) is 12.3. The molecule has 4 heteroatoms. The third kappa shape index (κ3) is 3.49. The van der Waals surface area contributed by atoms with E-state index in [0.29, 0.717) is 11.8 Å². The van der Waals surface area contributed by atoms with Gasteiger partial charge in [0.2, 0.25) is 0 Å². The molecule has 1 saturated heterocycles. The van der Waals surface area contributed by atoms with Gasteiger partial charge in [-0.25, -0.2) is 0 Å². The first kappa shape index (κ1) is 26.5. The zero-order chi connectivity index (χ0) is 26.4. The van der Waals surface area contributed by atoms with Crippen molar-refractivity contribution in [1.82, 2.24) is 0 Å². The van der Waals surface area contributed by atoms with Gasteiger partial charge in [-0.2, -0.15) is 0 Å². The molecule has 0 aromatic rings. The van der Waals surface area contributed by atoms with Crippen LogP contribution in [0.4, 0.5) is 0 Å². The van der Waals surface area contributed by atoms with E-state index >= 15 is 0 Å². The fourth-order valence-electron chi connectivity index (χ4n) is 10.4. The molecule has 1 aliphatic heterocycles. The standard InChI is InChI=1S/C32H50O4/c1-18(2)16-23-28(35-20(4)33)19(3)27-24(36-23)17-32(9)22-10-11-25-29(5,6)26(34)13-14-30(25,7)21(22)12-15-31(27,32)8/h16,19,23-28,34H,10-15,17H2,1-9H3/t19-,23-,24+,25+,26-,27-,28+,30+,31+,32-/m0/s1. The van der Waals surface area contributed by atoms with Gasteiger partial charge >= 0.3 is 5.97 Å². The molecule has 0 aromatic carbocycles. The van der Waals surface area contributed by atoms with E-state index in [9.17, 15) is 9.90 Å². The predicted octanol–water partition coefficient (Wildman–Crippen LogP) is 7.01. The molecule has 0 spiro atoms. The quantitative estimate of drug-likeness (QED) is 0.329. The number of ether oxygens (including phenoxy) is 2. The van der Waals surface area contributed by atoms with E-state index in [-0.39, 0.29) is 58.0 Å². The van der Waals surface area contributed by atoms with Gasteiger partial charge in [0.25, 0.3) is 0 Å². The minimum atomic E-state index is -0.234. The number of aliphatic hydroxyl groups excluding tert-OH is 1. The van der Waals surface area contributed by atoms with Gasteiger partial charge in [-0.15, -0.1) is 0 Å². The Bertz CT molecular complexity index is 988. The number of hydrogen-bond acceptors (Lipinski definition) is 4. The van der Waals surface area contributed by atoms with Crippen molar-refractivity contribution >= 4 is 5.97 Å². The first-order valence-electron chi connectivity index (χ1n) is 14.6. The average Bonchev–Trinajstić information content (AvgIpc) is 3.00. The van der Waals surface area contributed by atoms with Crippen LogP contribution in [0.5, 0.6) is 0 Å². The molecule has 4 aliphatic carbocycles. The maximum Gasteiger partial charge on any atom is 0.303 e. The van der Waals surface area contributed by atoms with Gasteiger partial charge in [0.15, 0.2) is 0 Å². The zero-order valence-electron chi connectivity index (χ0n) is 24.2. The monoisotopic (exact) mass is 498 g/mol. The molecule has 2 saturated carbocycles. The van der Waals surface area contributed by atoms with Gasteiger partial charge in [-0.3, -0.25) is 4.79 Å². The van der Waals surface area contributed by atoms with Gasteiger partial charge in [0.05, 0.1) is 12.2 Å². The second-order valence-electron chi connectivity index (χ2n) is 14.6. The normalized spacial score (nSPS) is 49.3. The minimum Gasteiger partial charge on any atom is -0.459 e. The summed E-state index contributed by atoms with van der Waals surface area (Å²) in [6, 6.07) is 0. The van der Waals surface area contributed by atoms with Crippen LogP contribution in [0.25, 0.3) is 0 Å². The lowest BCUT2D eigenvalue weighted by molar-refractivity contribution is -0.191. The molecule has 0 aromatic heterocycles. The van der Waals surface area contributed by atoms with E-state index in [0.717, 1.165) is 32.1 Å². The van der Waals surface area contributed by atoms with E-state index in [2.05, 4.69) is 61.5 Å². The van der Waals surface area contributed by atoms with Crippen molar-refractivity contribution in [2.75, 3.05) is 0 Å². The highest BCUT2D eigenvalue weighted by Gasteiger charge is 2.68. The second kappa shape index (κ2) is 8.43. The first-order chi connectivity index (χ1) is 16.7. The lowest BCUT2D eigenvalue weighted by atomic mass is 9.43. The molecule has 0 unspecified atom stereocenters. The van der Waals surface area contributed by atoms with E-state index < -0.39 is 0 Å². The lowest BCUT2D eigenvalue weighted by Gasteiger charge is -2.62. The number of aliphatic hydroxyl groups is 1. The Morgan fingerprint density at radius 1 is 1.03 bits per heavy atom. The average molecular weight is 499 g/mol. The largest absolute Gasteiger partial charge is 0.459 e. The van der Waals surface area contributed by atoms with E-state index in [4.69, 9.17) is 9.47 Å². The molecule has 202 valence electrons. The molecule has 0 bridgehead atoms. The summed E-state index contributed by atoms with van der Waals surface area (Å²) in [4.78, 5) is 12.1. The second-order valence-corrected chi connectivity index (χ2v) is 14.6. The van der Waals surface area contributed by atoms with Crippen molar-refractivity contribution in [1.29, 1.82) is 0 Å². The Kier molecular flexibility index (Phi) is 6.20. The van der Waals surface area contributed by atoms with Gasteiger partial charge < -0.3 is 14.6 Å². The van der Waals surface area contributed by atoms with Crippen LogP contribution in [0.1, 0.15) is 107 Å². The fourth-order valence-corrected chi connectivity index (χ4v) is 10.4. The van der Waals surface area contributed by atoms with Crippen LogP contribution < -0.4 is 0 Å². The Morgan fingerprint density at radius 3 is 2.36 bits per heavy atom. The molecule has 1 N–H and O–H groups in total. The summed E-state index contributed by atoms with van der Waals surface area (Å²) in [5, 5.41) is 10.9. The molecule has 10 atom stereocenters. The maximum absolute atomic E-state index is 12.1. The van der Waals surface area contributed by atoms with Crippen molar-refractivity contribution in [2.45, 2.75) is 132 Å². The number of esters is 1. The summed E-state index contributed by atoms with van der Waals surface area (Å²) in [5.41, 5.74) is 5.01. The fraction of sp³-hybridized carbons (Fsp3) is 0.844. The van der Waals surface area contributed by atoms with E-state index in [1.54, 1.807) is 11.1 Å². The van der Waals surface area contributed by atoms with Crippen molar-refractivity contribution < 1.29 is 19.4 Å². The minimum absolute atomic E-state index is 0.0384. The number of carbonyl (C=O) groups is 1. The van der Waals surface area contributed by atoms with Crippen LogP contribution in [0.2, 0.25) is 0 Å². The molecule has 5 aliphatic rings. The summed E-state index contributed by atoms with van der Waals surface area (Å²) in [5.74, 6) is 0.944. The van der Waals surface area contributed by atoms with E-state index in [1.807, 2.05) is 0 Å². The predicted molar refractivity (Wildman–Crippen MR) is 143 cm³/mol. The molecular weight excluding hydrogens is 448 g/mol. The van der Waals surface area contributed by atoms with Crippen LogP contribution in [0.3, 0.4) is 0 Å². The van der Waals surface area contributed by atoms with Crippen LogP contribution in [0, 0.1) is 39.4 Å². The number of rotatable bonds is 2. The molecule has 3 fully saturated rings. The van der Waals surface area contributed by atoms with Gasteiger partial charge in [0.1, 0.15) is 12.2 Å². The number of carbonyl (C=O) groups excluding carboxylic acids is 1. The third-order valence-corrected chi connectivity index (χ3v) is 12.3. The summed E-state index contributed by atoms with van der Waals surface area (Å²) in [7, 11) is 0. The summed E-state index contributed by atoms with van der Waals surface area (Å²) in [6.07, 6.45) is 9.46. The number of hydrogen-bond donors (Lipinski definition) is 1. The molecular formula is C32H50O4. The van der Waals surface area contributed by atoms with Crippen molar-refractivity contribution in [2.24, 2.45) is 39.4 Å². The number of allylic oxidation sites excluding steroid dienone is 3. The van der Waals surface area contributed by atoms with Crippen LogP contribution >= 0.6 is 0 Å². The lowest BCUT2D eigenvalue weighted by Crippen LogP contribution is -2.56. The van der Waals surface area contributed by atoms with Crippen molar-refractivity contribution in [3.8, 4) is 0 Å². The molecule has 5 rings (SSSR count). The summed E-state index contributed by atoms with van der Waals surface area (Å²) < 4.78 is 12.8. The van der Waals surface area contributed by atoms with Gasteiger partial charge in [0, 0.05) is 12.8 Å². The summed E-state index contributed by atoms with van der Waals surface area (Å²) in [6.45, 7) is 20.2. The maximum atomic E-state index is 12.1. The Morgan fingerprint density at radius 2 is 1.72 bits per heavy atom. The molecule has 0 amide bonds. The Hall–Kier alpha value is -1.13. The van der Waals surface area contributed by atoms with Crippen LogP contribution in [0.15, 0.2) is 22.8 Å². The number of fused-ring (bicyclic) bond motifs is 6. The Labute approximate surface area is 219 Å². The molecule has 1 heterocycles. The zero-order valence-corrected chi connectivity index (χ0v) is 24.2. The highest BCUT2D eigenvalue weighted by atomic mass is 16.6. The van der Waals surface area contributed by atoms with E-state index in [1.165, 1.54) is 25.3 Å². The summed E-state index contributed by atoms with van der Waals surface area (Å²) >= 11 is 0. The van der Waals surface area contributed by atoms with Crippen LogP contribution in [-0.4, -0.2) is 35.5 Å². The topological polar surface area (TPSA) is 55.8 Å². The highest BCUT2D eigenvalue weighted by Crippen LogP contribution is 2.73. The highest BCUT2D eigenvalue weighted by molar-refractivity contribution is 5.66. The van der Waals surface area contributed by atoms with Crippen LogP contribution in [-0.2, 0) is 14.3 Å². The van der Waals surface area contributed by atoms with Crippen molar-refractivity contribution in [3.05, 3.63) is 22.8 Å². The molecule has 4 nitrogen and oxygen atoms in total. The smallest absolute Gasteiger partial charge is 0.303 e.